The lowest BCUT2D eigenvalue weighted by Gasteiger charge is -2.25. The predicted molar refractivity (Wildman–Crippen MR) is 57.6 cm³/mol. The molecule has 0 saturated carbocycles. The maximum absolute atomic E-state index is 12.2. The fraction of sp³-hybridized carbons (Fsp3) is 0.909. The van der Waals surface area contributed by atoms with Crippen LogP contribution in [0.1, 0.15) is 19.8 Å². The van der Waals surface area contributed by atoms with Gasteiger partial charge in [-0.15, -0.1) is 0 Å². The average molecular weight is 212 g/mol. The molecule has 2 aliphatic heterocycles. The SMILES string of the molecule is CC1CCNC1C(=O)N1CCCOCC1. The summed E-state index contributed by atoms with van der Waals surface area (Å²) < 4.78 is 5.35. The summed E-state index contributed by atoms with van der Waals surface area (Å²) >= 11 is 0. The van der Waals surface area contributed by atoms with Crippen LogP contribution in [-0.4, -0.2) is 49.7 Å². The van der Waals surface area contributed by atoms with Crippen LogP contribution >= 0.6 is 0 Å². The van der Waals surface area contributed by atoms with E-state index in [9.17, 15) is 4.79 Å². The number of nitrogens with one attached hydrogen (secondary N) is 1. The molecule has 0 radical (unpaired) electrons. The van der Waals surface area contributed by atoms with Crippen LogP contribution in [0.3, 0.4) is 0 Å². The minimum absolute atomic E-state index is 0.0445. The van der Waals surface area contributed by atoms with E-state index < -0.39 is 0 Å². The van der Waals surface area contributed by atoms with Crippen LogP contribution in [0, 0.1) is 5.92 Å². The highest BCUT2D eigenvalue weighted by atomic mass is 16.5. The molecule has 2 heterocycles. The van der Waals surface area contributed by atoms with Crippen molar-refractivity contribution in [2.45, 2.75) is 25.8 Å². The van der Waals surface area contributed by atoms with E-state index in [1.807, 2.05) is 4.90 Å². The lowest BCUT2D eigenvalue weighted by molar-refractivity contribution is -0.134. The fourth-order valence-corrected chi connectivity index (χ4v) is 2.33. The van der Waals surface area contributed by atoms with E-state index in [4.69, 9.17) is 4.74 Å². The molecule has 4 heteroatoms. The third kappa shape index (κ3) is 2.49. The van der Waals surface area contributed by atoms with Crippen LogP contribution in [0.25, 0.3) is 0 Å². The molecular formula is C11H20N2O2. The predicted octanol–water partition coefficient (Wildman–Crippen LogP) is 0.233. The number of carbonyl (C=O) groups excluding carboxylic acids is 1. The number of amides is 1. The maximum Gasteiger partial charge on any atom is 0.240 e. The molecule has 86 valence electrons. The molecule has 0 aromatic rings. The van der Waals surface area contributed by atoms with E-state index in [0.717, 1.165) is 39.1 Å². The van der Waals surface area contributed by atoms with Crippen molar-refractivity contribution >= 4 is 5.91 Å². The van der Waals surface area contributed by atoms with Gasteiger partial charge in [-0.3, -0.25) is 4.79 Å². The van der Waals surface area contributed by atoms with Crippen molar-refractivity contribution in [3.05, 3.63) is 0 Å². The van der Waals surface area contributed by atoms with Crippen molar-refractivity contribution in [2.75, 3.05) is 32.8 Å². The third-order valence-electron chi connectivity index (χ3n) is 3.33. The normalized spacial score (nSPS) is 32.7. The van der Waals surface area contributed by atoms with Crippen LogP contribution in [0.4, 0.5) is 0 Å². The van der Waals surface area contributed by atoms with E-state index in [0.29, 0.717) is 12.5 Å². The number of hydrogen-bond acceptors (Lipinski definition) is 3. The molecule has 2 aliphatic rings. The Kier molecular flexibility index (Phi) is 3.59. The Morgan fingerprint density at radius 2 is 2.27 bits per heavy atom. The average Bonchev–Trinajstić information content (AvgIpc) is 2.53. The van der Waals surface area contributed by atoms with E-state index >= 15 is 0 Å². The molecule has 2 unspecified atom stereocenters. The van der Waals surface area contributed by atoms with Crippen molar-refractivity contribution in [1.29, 1.82) is 0 Å². The zero-order valence-electron chi connectivity index (χ0n) is 9.37. The quantitative estimate of drug-likeness (QED) is 0.676. The Bertz CT molecular complexity index is 225. The number of hydrogen-bond donors (Lipinski definition) is 1. The van der Waals surface area contributed by atoms with Gasteiger partial charge >= 0.3 is 0 Å². The van der Waals surface area contributed by atoms with Crippen molar-refractivity contribution in [2.24, 2.45) is 5.92 Å². The van der Waals surface area contributed by atoms with Crippen LogP contribution in [-0.2, 0) is 9.53 Å². The first-order chi connectivity index (χ1) is 7.29. The number of carbonyl (C=O) groups is 1. The van der Waals surface area contributed by atoms with Crippen LogP contribution in [0.15, 0.2) is 0 Å². The second-order valence-electron chi connectivity index (χ2n) is 4.49. The minimum atomic E-state index is 0.0445. The Morgan fingerprint density at radius 1 is 1.40 bits per heavy atom. The van der Waals surface area contributed by atoms with Crippen molar-refractivity contribution in [1.82, 2.24) is 10.2 Å². The molecule has 0 aromatic heterocycles. The fourth-order valence-electron chi connectivity index (χ4n) is 2.33. The van der Waals surface area contributed by atoms with Gasteiger partial charge in [0.05, 0.1) is 12.6 Å². The summed E-state index contributed by atoms with van der Waals surface area (Å²) in [5.74, 6) is 0.743. The van der Waals surface area contributed by atoms with E-state index in [1.54, 1.807) is 0 Å². The summed E-state index contributed by atoms with van der Waals surface area (Å²) in [6.45, 7) is 6.20. The Balaban J connectivity index is 1.93. The van der Waals surface area contributed by atoms with Gasteiger partial charge in [0, 0.05) is 19.7 Å². The number of rotatable bonds is 1. The van der Waals surface area contributed by atoms with Gasteiger partial charge in [0.1, 0.15) is 0 Å². The highest BCUT2D eigenvalue weighted by Crippen LogP contribution is 2.17. The Morgan fingerprint density at radius 3 is 3.00 bits per heavy atom. The van der Waals surface area contributed by atoms with Gasteiger partial charge < -0.3 is 15.0 Å². The van der Waals surface area contributed by atoms with Gasteiger partial charge in [0.25, 0.3) is 0 Å². The van der Waals surface area contributed by atoms with Crippen LogP contribution in [0.5, 0.6) is 0 Å². The van der Waals surface area contributed by atoms with Crippen molar-refractivity contribution < 1.29 is 9.53 Å². The molecule has 0 aromatic carbocycles. The molecule has 2 fully saturated rings. The number of nitrogens with zero attached hydrogens (tertiary/aromatic N) is 1. The minimum Gasteiger partial charge on any atom is -0.380 e. The summed E-state index contributed by atoms with van der Waals surface area (Å²) in [4.78, 5) is 14.1. The molecule has 4 nitrogen and oxygen atoms in total. The van der Waals surface area contributed by atoms with E-state index in [2.05, 4.69) is 12.2 Å². The lowest BCUT2D eigenvalue weighted by atomic mass is 10.0. The van der Waals surface area contributed by atoms with Gasteiger partial charge in [-0.25, -0.2) is 0 Å². The summed E-state index contributed by atoms with van der Waals surface area (Å²) in [5, 5.41) is 3.29. The second kappa shape index (κ2) is 4.94. The molecule has 15 heavy (non-hydrogen) atoms. The highest BCUT2D eigenvalue weighted by Gasteiger charge is 2.32. The topological polar surface area (TPSA) is 41.6 Å². The zero-order valence-corrected chi connectivity index (χ0v) is 9.37. The molecule has 1 N–H and O–H groups in total. The molecule has 0 spiro atoms. The van der Waals surface area contributed by atoms with Crippen LogP contribution < -0.4 is 5.32 Å². The van der Waals surface area contributed by atoms with Crippen molar-refractivity contribution in [3.8, 4) is 0 Å². The molecule has 2 rings (SSSR count). The van der Waals surface area contributed by atoms with Gasteiger partial charge in [0.2, 0.25) is 5.91 Å². The smallest absolute Gasteiger partial charge is 0.240 e. The molecule has 0 aliphatic carbocycles. The van der Waals surface area contributed by atoms with Gasteiger partial charge in [-0.2, -0.15) is 0 Å². The standard InChI is InChI=1S/C11H20N2O2/c1-9-3-4-12-10(9)11(14)13-5-2-7-15-8-6-13/h9-10,12H,2-8H2,1H3. The van der Waals surface area contributed by atoms with E-state index in [-0.39, 0.29) is 11.9 Å². The molecular weight excluding hydrogens is 192 g/mol. The van der Waals surface area contributed by atoms with Crippen LogP contribution in [0.2, 0.25) is 0 Å². The van der Waals surface area contributed by atoms with Gasteiger partial charge in [0.15, 0.2) is 0 Å². The lowest BCUT2D eigenvalue weighted by Crippen LogP contribution is -2.46. The first-order valence-electron chi connectivity index (χ1n) is 5.89. The maximum atomic E-state index is 12.2. The van der Waals surface area contributed by atoms with E-state index in [1.165, 1.54) is 0 Å². The summed E-state index contributed by atoms with van der Waals surface area (Å²) in [7, 11) is 0. The highest BCUT2D eigenvalue weighted by molar-refractivity contribution is 5.82. The number of ether oxygens (including phenoxy) is 1. The van der Waals surface area contributed by atoms with Crippen molar-refractivity contribution in [3.63, 3.8) is 0 Å². The summed E-state index contributed by atoms with van der Waals surface area (Å²) in [6, 6.07) is 0.0445. The Hall–Kier alpha value is -0.610. The summed E-state index contributed by atoms with van der Waals surface area (Å²) in [5.41, 5.74) is 0. The summed E-state index contributed by atoms with van der Waals surface area (Å²) in [6.07, 6.45) is 2.08. The first kappa shape index (κ1) is 10.9. The zero-order chi connectivity index (χ0) is 10.7. The molecule has 2 atom stereocenters. The second-order valence-corrected chi connectivity index (χ2v) is 4.49. The first-order valence-corrected chi connectivity index (χ1v) is 5.89. The Labute approximate surface area is 91.0 Å². The molecule has 0 bridgehead atoms. The van der Waals surface area contributed by atoms with Gasteiger partial charge in [-0.05, 0) is 25.3 Å². The molecule has 2 saturated heterocycles. The monoisotopic (exact) mass is 212 g/mol. The third-order valence-corrected chi connectivity index (χ3v) is 3.33. The molecule has 1 amide bonds. The van der Waals surface area contributed by atoms with Gasteiger partial charge in [-0.1, -0.05) is 6.92 Å². The largest absolute Gasteiger partial charge is 0.380 e.